The van der Waals surface area contributed by atoms with Crippen molar-refractivity contribution >= 4 is 23.5 Å². The monoisotopic (exact) mass is 394 g/mol. The Balaban J connectivity index is 1.71. The van der Waals surface area contributed by atoms with Gasteiger partial charge >= 0.3 is 0 Å². The second-order valence-electron chi connectivity index (χ2n) is 6.39. The van der Waals surface area contributed by atoms with Gasteiger partial charge in [0.1, 0.15) is 11.6 Å². The van der Waals surface area contributed by atoms with Crippen molar-refractivity contribution in [2.24, 2.45) is 0 Å². The molecule has 4 heteroatoms. The van der Waals surface area contributed by atoms with Crippen molar-refractivity contribution in [3.8, 4) is 33.6 Å². The number of benzene rings is 2. The normalized spacial score (nSPS) is 10.8. The number of methoxy groups -OCH3 is 1. The predicted molar refractivity (Wildman–Crippen MR) is 120 cm³/mol. The lowest BCUT2D eigenvalue weighted by Crippen LogP contribution is -1.97. The molecule has 0 spiro atoms. The number of nitrogens with zero attached hydrogens (tertiary/aromatic N) is 2. The number of hydrogen-bond acceptors (Lipinski definition) is 4. The molecular formula is C25H18N2OS. The van der Waals surface area contributed by atoms with E-state index >= 15 is 0 Å². The van der Waals surface area contributed by atoms with Gasteiger partial charge in [-0.3, -0.25) is 0 Å². The number of aromatic nitrogens is 1. The van der Waals surface area contributed by atoms with Gasteiger partial charge in [0, 0.05) is 5.56 Å². The van der Waals surface area contributed by atoms with E-state index in [-0.39, 0.29) is 0 Å². The van der Waals surface area contributed by atoms with E-state index in [9.17, 15) is 5.26 Å². The van der Waals surface area contributed by atoms with Crippen molar-refractivity contribution < 1.29 is 4.74 Å². The summed E-state index contributed by atoms with van der Waals surface area (Å²) < 4.78 is 5.41. The van der Waals surface area contributed by atoms with Crippen LogP contribution in [0.15, 0.2) is 78.2 Å². The third-order valence-corrected chi connectivity index (χ3v) is 5.45. The van der Waals surface area contributed by atoms with Crippen LogP contribution in [0.3, 0.4) is 0 Å². The third-order valence-electron chi connectivity index (χ3n) is 4.55. The predicted octanol–water partition coefficient (Wildman–Crippen LogP) is 6.53. The van der Waals surface area contributed by atoms with E-state index in [1.165, 1.54) is 0 Å². The first kappa shape index (κ1) is 18.7. The molecule has 0 N–H and O–H groups in total. The van der Waals surface area contributed by atoms with Gasteiger partial charge in [-0.2, -0.15) is 5.26 Å². The van der Waals surface area contributed by atoms with Gasteiger partial charge in [0.2, 0.25) is 5.88 Å². The topological polar surface area (TPSA) is 45.9 Å². The largest absolute Gasteiger partial charge is 0.480 e. The highest BCUT2D eigenvalue weighted by atomic mass is 32.1. The summed E-state index contributed by atoms with van der Waals surface area (Å²) >= 11 is 1.61. The van der Waals surface area contributed by atoms with Crippen LogP contribution in [0.2, 0.25) is 0 Å². The Morgan fingerprint density at radius 1 is 0.931 bits per heavy atom. The van der Waals surface area contributed by atoms with Gasteiger partial charge in [-0.05, 0) is 34.2 Å². The molecule has 29 heavy (non-hydrogen) atoms. The lowest BCUT2D eigenvalue weighted by atomic mass is 9.99. The first-order valence-electron chi connectivity index (χ1n) is 9.15. The number of hydrogen-bond donors (Lipinski definition) is 0. The molecule has 0 amide bonds. The molecule has 0 radical (unpaired) electrons. The fraction of sp³-hybridized carbons (Fsp3) is 0.0400. The lowest BCUT2D eigenvalue weighted by molar-refractivity contribution is 0.397. The van der Waals surface area contributed by atoms with Crippen molar-refractivity contribution in [3.05, 3.63) is 94.9 Å². The quantitative estimate of drug-likeness (QED) is 0.362. The molecule has 2 heterocycles. The van der Waals surface area contributed by atoms with Gasteiger partial charge in [-0.1, -0.05) is 72.8 Å². The van der Waals surface area contributed by atoms with Crippen molar-refractivity contribution in [2.45, 2.75) is 0 Å². The van der Waals surface area contributed by atoms with E-state index in [2.05, 4.69) is 35.3 Å². The van der Waals surface area contributed by atoms with E-state index in [1.54, 1.807) is 18.4 Å². The van der Waals surface area contributed by atoms with E-state index in [0.29, 0.717) is 11.4 Å². The second-order valence-corrected chi connectivity index (χ2v) is 7.34. The van der Waals surface area contributed by atoms with Gasteiger partial charge in [-0.15, -0.1) is 11.3 Å². The summed E-state index contributed by atoms with van der Waals surface area (Å²) in [6.07, 6.45) is 4.16. The minimum atomic E-state index is 0.349. The average Bonchev–Trinajstić information content (AvgIpc) is 3.33. The number of pyridine rings is 1. The summed E-state index contributed by atoms with van der Waals surface area (Å²) in [4.78, 5) is 5.56. The maximum absolute atomic E-state index is 9.70. The van der Waals surface area contributed by atoms with E-state index < -0.39 is 0 Å². The maximum atomic E-state index is 9.70. The minimum absolute atomic E-state index is 0.349. The summed E-state index contributed by atoms with van der Waals surface area (Å²) in [5, 5.41) is 11.7. The molecule has 0 saturated carbocycles. The van der Waals surface area contributed by atoms with Crippen LogP contribution in [-0.4, -0.2) is 12.1 Å². The van der Waals surface area contributed by atoms with Gasteiger partial charge in [0.05, 0.1) is 17.7 Å². The van der Waals surface area contributed by atoms with Crippen LogP contribution in [0.4, 0.5) is 0 Å². The van der Waals surface area contributed by atoms with Crippen LogP contribution in [-0.2, 0) is 0 Å². The highest BCUT2D eigenvalue weighted by molar-refractivity contribution is 7.13. The molecule has 0 aliphatic heterocycles. The number of ether oxygens (including phenoxy) is 1. The SMILES string of the molecule is COc1nc(-c2cccs2)cc(-c2ccc(/C=C/c3ccccc3)cc2)c1C#N. The Hall–Kier alpha value is -3.68. The van der Waals surface area contributed by atoms with Crippen LogP contribution < -0.4 is 4.74 Å². The minimum Gasteiger partial charge on any atom is -0.480 e. The van der Waals surface area contributed by atoms with Crippen LogP contribution in [0, 0.1) is 11.3 Å². The summed E-state index contributed by atoms with van der Waals surface area (Å²) in [5.41, 5.74) is 5.27. The molecule has 2 aromatic carbocycles. The molecule has 0 atom stereocenters. The fourth-order valence-corrected chi connectivity index (χ4v) is 3.77. The molecular weight excluding hydrogens is 376 g/mol. The summed E-state index contributed by atoms with van der Waals surface area (Å²) in [7, 11) is 1.54. The first-order valence-corrected chi connectivity index (χ1v) is 10.0. The summed E-state index contributed by atoms with van der Waals surface area (Å²) in [6.45, 7) is 0. The zero-order chi connectivity index (χ0) is 20.1. The molecule has 0 bridgehead atoms. The molecule has 0 aliphatic carbocycles. The molecule has 3 nitrogen and oxygen atoms in total. The Labute approximate surface area is 174 Å². The van der Waals surface area contributed by atoms with Crippen molar-refractivity contribution in [3.63, 3.8) is 0 Å². The van der Waals surface area contributed by atoms with Gasteiger partial charge in [-0.25, -0.2) is 4.98 Å². The van der Waals surface area contributed by atoms with Crippen LogP contribution >= 0.6 is 11.3 Å². The summed E-state index contributed by atoms with van der Waals surface area (Å²) in [6, 6.07) is 26.5. The lowest BCUT2D eigenvalue weighted by Gasteiger charge is -2.11. The average molecular weight is 394 g/mol. The van der Waals surface area contributed by atoms with Gasteiger partial charge in [0.25, 0.3) is 0 Å². The smallest absolute Gasteiger partial charge is 0.232 e. The van der Waals surface area contributed by atoms with Gasteiger partial charge < -0.3 is 4.74 Å². The molecule has 0 fully saturated rings. The zero-order valence-corrected chi connectivity index (χ0v) is 16.7. The second kappa shape index (κ2) is 8.55. The molecule has 2 aromatic heterocycles. The Morgan fingerprint density at radius 2 is 1.66 bits per heavy atom. The number of rotatable bonds is 5. The Morgan fingerprint density at radius 3 is 2.28 bits per heavy atom. The Kier molecular flexibility index (Phi) is 5.51. The van der Waals surface area contributed by atoms with Crippen LogP contribution in [0.5, 0.6) is 5.88 Å². The standard InChI is InChI=1S/C25H18N2OS/c1-28-25-22(17-26)21(16-23(27-25)24-8-5-15-29-24)20-13-11-19(12-14-20)10-9-18-6-3-2-4-7-18/h2-16H,1H3/b10-9+. The van der Waals surface area contributed by atoms with Crippen molar-refractivity contribution in [2.75, 3.05) is 7.11 Å². The molecule has 0 saturated heterocycles. The molecule has 4 aromatic rings. The van der Waals surface area contributed by atoms with E-state index in [4.69, 9.17) is 4.74 Å². The Bertz CT molecular complexity index is 1170. The van der Waals surface area contributed by atoms with Gasteiger partial charge in [0.15, 0.2) is 0 Å². The summed E-state index contributed by atoms with van der Waals surface area (Å²) in [5.74, 6) is 0.349. The molecule has 140 valence electrons. The fourth-order valence-electron chi connectivity index (χ4n) is 3.09. The highest BCUT2D eigenvalue weighted by Crippen LogP contribution is 2.34. The van der Waals surface area contributed by atoms with Crippen LogP contribution in [0.1, 0.15) is 16.7 Å². The van der Waals surface area contributed by atoms with E-state index in [0.717, 1.165) is 32.8 Å². The molecule has 4 rings (SSSR count). The number of thiophene rings is 1. The van der Waals surface area contributed by atoms with Crippen LogP contribution in [0.25, 0.3) is 33.9 Å². The van der Waals surface area contributed by atoms with Crippen molar-refractivity contribution in [1.82, 2.24) is 4.98 Å². The van der Waals surface area contributed by atoms with E-state index in [1.807, 2.05) is 66.0 Å². The molecule has 0 aliphatic rings. The zero-order valence-electron chi connectivity index (χ0n) is 15.9. The molecule has 0 unspecified atom stereocenters. The first-order chi connectivity index (χ1) is 14.3. The van der Waals surface area contributed by atoms with Crippen molar-refractivity contribution in [1.29, 1.82) is 5.26 Å². The number of nitriles is 1. The third kappa shape index (κ3) is 4.11. The highest BCUT2D eigenvalue weighted by Gasteiger charge is 2.16. The maximum Gasteiger partial charge on any atom is 0.232 e.